The number of urea groups is 1. The van der Waals surface area contributed by atoms with Crippen molar-refractivity contribution in [1.82, 2.24) is 10.4 Å². The van der Waals surface area contributed by atoms with Crippen LogP contribution in [0.1, 0.15) is 55.1 Å². The fraction of sp³-hybridized carbons (Fsp3) is 0.500. The molecule has 1 aliphatic rings. The molecule has 0 radical (unpaired) electrons. The molecule has 0 spiro atoms. The van der Waals surface area contributed by atoms with Crippen LogP contribution in [0.3, 0.4) is 0 Å². The van der Waals surface area contributed by atoms with Gasteiger partial charge in [-0.05, 0) is 67.3 Å². The molecule has 2 aromatic rings. The van der Waals surface area contributed by atoms with Crippen LogP contribution in [0.4, 0.5) is 4.79 Å². The zero-order valence-corrected chi connectivity index (χ0v) is 25.5. The molecule has 2 amide bonds. The number of hydrogen-bond acceptors (Lipinski definition) is 9. The molecule has 3 rings (SSSR count). The van der Waals surface area contributed by atoms with E-state index in [4.69, 9.17) is 28.4 Å². The number of thioether (sulfide) groups is 1. The highest BCUT2D eigenvalue weighted by Gasteiger charge is 2.31. The molecule has 0 aromatic heterocycles. The summed E-state index contributed by atoms with van der Waals surface area (Å²) in [5.41, 5.74) is 2.83. The highest BCUT2D eigenvalue weighted by atomic mass is 32.2. The van der Waals surface area contributed by atoms with Crippen molar-refractivity contribution in [3.63, 3.8) is 0 Å². The van der Waals surface area contributed by atoms with Gasteiger partial charge in [0.1, 0.15) is 0 Å². The molecule has 0 aliphatic carbocycles. The molecule has 0 bridgehead atoms. The van der Waals surface area contributed by atoms with Crippen molar-refractivity contribution in [3.05, 3.63) is 53.2 Å². The first-order valence-electron chi connectivity index (χ1n) is 13.6. The van der Waals surface area contributed by atoms with E-state index in [2.05, 4.69) is 11.4 Å². The smallest absolute Gasteiger partial charge is 0.345 e. The summed E-state index contributed by atoms with van der Waals surface area (Å²) >= 11 is 1.55. The zero-order valence-electron chi connectivity index (χ0n) is 24.7. The average molecular weight is 591 g/mol. The molecule has 41 heavy (non-hydrogen) atoms. The van der Waals surface area contributed by atoms with Gasteiger partial charge in [0.05, 0.1) is 53.8 Å². The Morgan fingerprint density at radius 2 is 1.59 bits per heavy atom. The van der Waals surface area contributed by atoms with Crippen LogP contribution in [0.2, 0.25) is 0 Å². The first-order valence-corrected chi connectivity index (χ1v) is 15.0. The SMILES string of the molecule is CCCOc1c(C/C=C/NC(=O)N(O)CCSC)cc(C2CCC(c3cc(OC)c(OC)c(OC)c3)O2)cc1OC. The number of hydroxylamine groups is 2. The predicted octanol–water partition coefficient (Wildman–Crippen LogP) is 5.92. The lowest BCUT2D eigenvalue weighted by Gasteiger charge is -2.20. The van der Waals surface area contributed by atoms with Crippen molar-refractivity contribution < 1.29 is 38.4 Å². The van der Waals surface area contributed by atoms with Crippen LogP contribution in [0, 0.1) is 0 Å². The molecule has 2 N–H and O–H groups in total. The summed E-state index contributed by atoms with van der Waals surface area (Å²) < 4.78 is 34.9. The number of nitrogens with zero attached hydrogens (tertiary/aromatic N) is 1. The molecule has 1 heterocycles. The topological polar surface area (TPSA) is 108 Å². The van der Waals surface area contributed by atoms with Crippen molar-refractivity contribution in [2.75, 3.05) is 53.6 Å². The fourth-order valence-electron chi connectivity index (χ4n) is 4.63. The maximum absolute atomic E-state index is 12.1. The van der Waals surface area contributed by atoms with Crippen LogP contribution in [0.15, 0.2) is 36.5 Å². The number of rotatable bonds is 15. The van der Waals surface area contributed by atoms with E-state index < -0.39 is 6.03 Å². The summed E-state index contributed by atoms with van der Waals surface area (Å²) in [6, 6.07) is 7.31. The van der Waals surface area contributed by atoms with Crippen LogP contribution in [0.25, 0.3) is 0 Å². The van der Waals surface area contributed by atoms with Gasteiger partial charge >= 0.3 is 6.03 Å². The lowest BCUT2D eigenvalue weighted by molar-refractivity contribution is -0.0361. The number of carbonyl (C=O) groups is 1. The standard InChI is InChI=1S/C30H42N2O8S/c1-7-14-39-28-20(9-8-12-31-30(33)32(34)13-15-41-6)16-21(17-25(28)35-2)23-10-11-24(40-23)22-18-26(36-3)29(38-5)27(19-22)37-4/h8,12,16-19,23-24,34H,7,9-11,13-15H2,1-6H3,(H,31,33)/b12-8+. The molecule has 2 aromatic carbocycles. The largest absolute Gasteiger partial charge is 0.493 e. The van der Waals surface area contributed by atoms with E-state index in [-0.39, 0.29) is 18.8 Å². The van der Waals surface area contributed by atoms with Crippen molar-refractivity contribution in [3.8, 4) is 28.7 Å². The van der Waals surface area contributed by atoms with Crippen LogP contribution >= 0.6 is 11.8 Å². The van der Waals surface area contributed by atoms with Crippen molar-refractivity contribution in [2.24, 2.45) is 0 Å². The highest BCUT2D eigenvalue weighted by molar-refractivity contribution is 7.98. The monoisotopic (exact) mass is 590 g/mol. The molecule has 226 valence electrons. The molecule has 11 heteroatoms. The van der Waals surface area contributed by atoms with Gasteiger partial charge in [-0.25, -0.2) is 9.86 Å². The van der Waals surface area contributed by atoms with E-state index in [9.17, 15) is 10.0 Å². The van der Waals surface area contributed by atoms with E-state index in [1.54, 1.807) is 40.2 Å². The first-order chi connectivity index (χ1) is 19.9. The summed E-state index contributed by atoms with van der Waals surface area (Å²) in [7, 11) is 6.40. The second kappa shape index (κ2) is 16.2. The van der Waals surface area contributed by atoms with Gasteiger partial charge in [-0.15, -0.1) is 0 Å². The predicted molar refractivity (Wildman–Crippen MR) is 159 cm³/mol. The van der Waals surface area contributed by atoms with Crippen molar-refractivity contribution in [1.29, 1.82) is 0 Å². The van der Waals surface area contributed by atoms with Crippen LogP contribution in [-0.2, 0) is 11.2 Å². The highest BCUT2D eigenvalue weighted by Crippen LogP contribution is 2.47. The summed E-state index contributed by atoms with van der Waals surface area (Å²) in [4.78, 5) is 12.1. The van der Waals surface area contributed by atoms with Gasteiger partial charge in [0.15, 0.2) is 23.0 Å². The fourth-order valence-corrected chi connectivity index (χ4v) is 4.98. The van der Waals surface area contributed by atoms with Gasteiger partial charge in [-0.1, -0.05) is 13.0 Å². The normalized spacial score (nSPS) is 16.5. The lowest BCUT2D eigenvalue weighted by atomic mass is 9.99. The number of nitrogens with one attached hydrogen (secondary N) is 1. The minimum Gasteiger partial charge on any atom is -0.493 e. The number of amides is 2. The molecule has 1 aliphatic heterocycles. The van der Waals surface area contributed by atoms with E-state index in [0.29, 0.717) is 52.6 Å². The Morgan fingerprint density at radius 1 is 1.00 bits per heavy atom. The van der Waals surface area contributed by atoms with Crippen molar-refractivity contribution in [2.45, 2.75) is 44.8 Å². The number of benzene rings is 2. The zero-order chi connectivity index (χ0) is 29.8. The number of methoxy groups -OCH3 is 4. The van der Waals surface area contributed by atoms with Gasteiger partial charge in [0, 0.05) is 17.5 Å². The summed E-state index contributed by atoms with van der Waals surface area (Å²) in [6.45, 7) is 2.83. The third-order valence-electron chi connectivity index (χ3n) is 6.68. The van der Waals surface area contributed by atoms with Gasteiger partial charge in [0.25, 0.3) is 0 Å². The Labute approximate surface area is 246 Å². The molecule has 2 unspecified atom stereocenters. The lowest BCUT2D eigenvalue weighted by Crippen LogP contribution is -2.36. The molecule has 0 saturated carbocycles. The first kappa shape index (κ1) is 32.2. The van der Waals surface area contributed by atoms with E-state index >= 15 is 0 Å². The number of hydrogen-bond donors (Lipinski definition) is 2. The summed E-state index contributed by atoms with van der Waals surface area (Å²) in [6.07, 6.45) is 7.89. The van der Waals surface area contributed by atoms with Crippen molar-refractivity contribution >= 4 is 17.8 Å². The third-order valence-corrected chi connectivity index (χ3v) is 7.27. The number of ether oxygens (including phenoxy) is 6. The molecular weight excluding hydrogens is 548 g/mol. The molecular formula is C30H42N2O8S. The quantitative estimate of drug-likeness (QED) is 0.193. The van der Waals surface area contributed by atoms with E-state index in [1.165, 1.54) is 6.20 Å². The Balaban J connectivity index is 1.82. The third kappa shape index (κ3) is 8.37. The Bertz CT molecular complexity index is 1150. The molecule has 2 atom stereocenters. The second-order valence-electron chi connectivity index (χ2n) is 9.38. The Kier molecular flexibility index (Phi) is 12.8. The van der Waals surface area contributed by atoms with Crippen LogP contribution in [-0.4, -0.2) is 69.9 Å². The van der Waals surface area contributed by atoms with E-state index in [1.807, 2.05) is 37.5 Å². The van der Waals surface area contributed by atoms with Gasteiger partial charge in [-0.2, -0.15) is 11.8 Å². The van der Waals surface area contributed by atoms with E-state index in [0.717, 1.165) is 36.0 Å². The summed E-state index contributed by atoms with van der Waals surface area (Å²) in [5, 5.41) is 13.1. The van der Waals surface area contributed by atoms with Crippen LogP contribution < -0.4 is 29.0 Å². The Hall–Kier alpha value is -3.28. The molecule has 1 saturated heterocycles. The second-order valence-corrected chi connectivity index (χ2v) is 10.4. The number of carbonyl (C=O) groups excluding carboxylic acids is 1. The minimum atomic E-state index is -0.582. The van der Waals surface area contributed by atoms with Gasteiger partial charge in [0.2, 0.25) is 5.75 Å². The van der Waals surface area contributed by atoms with Crippen LogP contribution in [0.5, 0.6) is 28.7 Å². The molecule has 1 fully saturated rings. The van der Waals surface area contributed by atoms with Gasteiger partial charge in [-0.3, -0.25) is 5.21 Å². The summed E-state index contributed by atoms with van der Waals surface area (Å²) in [5.74, 6) is 3.65. The minimum absolute atomic E-state index is 0.151. The average Bonchev–Trinajstić information content (AvgIpc) is 3.50. The van der Waals surface area contributed by atoms with Gasteiger partial charge < -0.3 is 33.7 Å². The maximum Gasteiger partial charge on any atom is 0.345 e. The maximum atomic E-state index is 12.1. The molecule has 10 nitrogen and oxygen atoms in total. The number of allylic oxidation sites excluding steroid dienone is 1. The Morgan fingerprint density at radius 3 is 2.12 bits per heavy atom.